The van der Waals surface area contributed by atoms with Crippen molar-refractivity contribution in [3.63, 3.8) is 0 Å². The van der Waals surface area contributed by atoms with Gasteiger partial charge in [-0.3, -0.25) is 4.79 Å². The Bertz CT molecular complexity index is 676. The van der Waals surface area contributed by atoms with E-state index in [2.05, 4.69) is 0 Å². The summed E-state index contributed by atoms with van der Waals surface area (Å²) in [5.41, 5.74) is 2.97. The van der Waals surface area contributed by atoms with Gasteiger partial charge < -0.3 is 10.6 Å². The monoisotopic (exact) mass is 492 g/mol. The molecule has 1 aromatic carbocycles. The van der Waals surface area contributed by atoms with Crippen molar-refractivity contribution >= 4 is 15.1 Å². The van der Waals surface area contributed by atoms with Crippen LogP contribution in [-0.4, -0.2) is 22.9 Å². The van der Waals surface area contributed by atoms with Crippen LogP contribution >= 0.6 is 9.24 Å². The van der Waals surface area contributed by atoms with Gasteiger partial charge in [-0.2, -0.15) is 8.78 Å². The van der Waals surface area contributed by atoms with E-state index in [1.807, 2.05) is 55.4 Å². The fourth-order valence-electron chi connectivity index (χ4n) is 3.11. The smallest absolute Gasteiger partial charge is 0.286 e. The molecule has 2 unspecified atom stereocenters. The minimum absolute atomic E-state index is 0.0337. The summed E-state index contributed by atoms with van der Waals surface area (Å²) in [5.74, 6) is -1.11. The topological polar surface area (TPSA) is 46.3 Å². The van der Waals surface area contributed by atoms with Crippen molar-refractivity contribution in [2.24, 2.45) is 5.73 Å². The van der Waals surface area contributed by atoms with Crippen LogP contribution in [0.1, 0.15) is 99.6 Å². The number of allylic oxidation sites excluding steroid dienone is 1. The Kier molecular flexibility index (Phi) is 22.0. The predicted octanol–water partition coefficient (Wildman–Crippen LogP) is 8.03. The molecular weight excluding hydrogens is 444 g/mol. The Hall–Kier alpha value is -1.39. The summed E-state index contributed by atoms with van der Waals surface area (Å²) in [6.07, 6.45) is 3.99. The molecule has 194 valence electrons. The third kappa shape index (κ3) is 12.6. The van der Waals surface area contributed by atoms with E-state index in [4.69, 9.17) is 5.73 Å². The lowest BCUT2D eigenvalue weighted by atomic mass is 10.1. The summed E-state index contributed by atoms with van der Waals surface area (Å²) in [6.45, 7) is 19.6. The van der Waals surface area contributed by atoms with E-state index in [1.54, 1.807) is 24.8 Å². The molecule has 2 N–H and O–H groups in total. The van der Waals surface area contributed by atoms with Gasteiger partial charge in [0.05, 0.1) is 5.56 Å². The number of rotatable bonds is 5. The van der Waals surface area contributed by atoms with Gasteiger partial charge in [-0.05, 0) is 50.8 Å². The average Bonchev–Trinajstić information content (AvgIpc) is 3.27. The Balaban J connectivity index is -0.00000101. The van der Waals surface area contributed by atoms with Crippen LogP contribution in [0.5, 0.6) is 0 Å². The number of benzene rings is 1. The van der Waals surface area contributed by atoms with E-state index in [0.717, 1.165) is 25.0 Å². The summed E-state index contributed by atoms with van der Waals surface area (Å²) in [6, 6.07) is 3.58. The molecule has 1 aromatic rings. The van der Waals surface area contributed by atoms with Crippen LogP contribution < -0.4 is 5.73 Å². The molecule has 1 amide bonds. The molecule has 1 aliphatic rings. The van der Waals surface area contributed by atoms with Crippen molar-refractivity contribution in [3.8, 4) is 0 Å². The number of halogens is 3. The van der Waals surface area contributed by atoms with Gasteiger partial charge in [0.25, 0.3) is 5.66 Å². The SMILES string of the molecule is C/C=C(\C)C(=O)N(Cc1ccc(F)c(C(F)(F)P)c1)[C@@H]1CCC(N)C1.CC.CC.CC.CC. The number of carbonyl (C=O) groups excluding carboxylic acids is 1. The molecule has 0 saturated heterocycles. The highest BCUT2D eigenvalue weighted by atomic mass is 31.0. The van der Waals surface area contributed by atoms with E-state index in [1.165, 1.54) is 15.3 Å². The maximum atomic E-state index is 13.7. The molecular formula is C26H48F3N2OP. The van der Waals surface area contributed by atoms with Crippen molar-refractivity contribution in [3.05, 3.63) is 46.8 Å². The minimum atomic E-state index is -3.36. The molecule has 0 radical (unpaired) electrons. The molecule has 7 heteroatoms. The quantitative estimate of drug-likeness (QED) is 0.334. The standard InChI is InChI=1S/C18H24F3N2OP.4C2H6/c1-3-11(2)17(24)23(14-6-5-13(22)9-14)10-12-4-7-16(19)15(8-12)18(20,21)25;4*1-2/h3-4,7-8,13-14H,5-6,9-10,22,25H2,1-2H3;4*1-2H3/b11-3+;;;;/t13?,14-;;;;/m1..../s1. The zero-order chi connectivity index (χ0) is 26.8. The van der Waals surface area contributed by atoms with Gasteiger partial charge >= 0.3 is 0 Å². The van der Waals surface area contributed by atoms with E-state index in [0.29, 0.717) is 17.6 Å². The molecule has 33 heavy (non-hydrogen) atoms. The Morgan fingerprint density at radius 2 is 1.64 bits per heavy atom. The number of hydrogen-bond donors (Lipinski definition) is 1. The molecule has 3 atom stereocenters. The van der Waals surface area contributed by atoms with E-state index >= 15 is 0 Å². The number of alkyl halides is 2. The average molecular weight is 493 g/mol. The predicted molar refractivity (Wildman–Crippen MR) is 141 cm³/mol. The van der Waals surface area contributed by atoms with Crippen LogP contribution in [0.2, 0.25) is 0 Å². The molecule has 1 fully saturated rings. The van der Waals surface area contributed by atoms with Crippen molar-refractivity contribution in [1.82, 2.24) is 4.90 Å². The van der Waals surface area contributed by atoms with Crippen molar-refractivity contribution in [2.45, 2.75) is 113 Å². The van der Waals surface area contributed by atoms with Gasteiger partial charge in [-0.15, -0.1) is 0 Å². The van der Waals surface area contributed by atoms with E-state index < -0.39 is 17.0 Å². The van der Waals surface area contributed by atoms with Crippen molar-refractivity contribution in [2.75, 3.05) is 0 Å². The van der Waals surface area contributed by atoms with Crippen molar-refractivity contribution < 1.29 is 18.0 Å². The first-order valence-electron chi connectivity index (χ1n) is 12.3. The Morgan fingerprint density at radius 1 is 1.12 bits per heavy atom. The number of amides is 1. The van der Waals surface area contributed by atoms with Gasteiger partial charge in [0.2, 0.25) is 5.91 Å². The van der Waals surface area contributed by atoms with Gasteiger partial charge in [0, 0.05) is 24.2 Å². The Morgan fingerprint density at radius 3 is 2.03 bits per heavy atom. The normalized spacial score (nSPS) is 17.0. The number of nitrogens with two attached hydrogens (primary N) is 1. The van der Waals surface area contributed by atoms with Crippen LogP contribution in [0.4, 0.5) is 13.2 Å². The van der Waals surface area contributed by atoms with Gasteiger partial charge in [-0.25, -0.2) is 4.39 Å². The first-order valence-corrected chi connectivity index (χ1v) is 12.9. The van der Waals surface area contributed by atoms with Crippen LogP contribution in [0, 0.1) is 5.82 Å². The highest BCUT2D eigenvalue weighted by Gasteiger charge is 2.32. The molecule has 0 bridgehead atoms. The molecule has 1 aliphatic carbocycles. The fraction of sp³-hybridized carbons (Fsp3) is 0.654. The first kappa shape index (κ1) is 36.2. The van der Waals surface area contributed by atoms with Gasteiger partial charge in [0.15, 0.2) is 0 Å². The zero-order valence-electron chi connectivity index (χ0n) is 22.4. The lowest BCUT2D eigenvalue weighted by Crippen LogP contribution is -2.39. The molecule has 0 aliphatic heterocycles. The lowest BCUT2D eigenvalue weighted by Gasteiger charge is -2.30. The summed E-state index contributed by atoms with van der Waals surface area (Å²) in [5, 5.41) is 0. The largest absolute Gasteiger partial charge is 0.332 e. The highest BCUT2D eigenvalue weighted by molar-refractivity contribution is 7.17. The molecule has 0 aromatic heterocycles. The van der Waals surface area contributed by atoms with Crippen LogP contribution in [0.3, 0.4) is 0 Å². The number of carbonyl (C=O) groups is 1. The summed E-state index contributed by atoms with van der Waals surface area (Å²) in [7, 11) is 1.35. The fourth-order valence-corrected chi connectivity index (χ4v) is 3.34. The molecule has 3 nitrogen and oxygen atoms in total. The second-order valence-corrected chi connectivity index (χ2v) is 7.29. The van der Waals surface area contributed by atoms with Crippen LogP contribution in [0.25, 0.3) is 0 Å². The maximum absolute atomic E-state index is 13.7. The number of nitrogens with zero attached hydrogens (tertiary/aromatic N) is 1. The van der Waals surface area contributed by atoms with Crippen LogP contribution in [-0.2, 0) is 17.0 Å². The minimum Gasteiger partial charge on any atom is -0.332 e. The maximum Gasteiger partial charge on any atom is 0.286 e. The summed E-state index contributed by atoms with van der Waals surface area (Å²) in [4.78, 5) is 14.4. The molecule has 1 saturated carbocycles. The second kappa shape index (κ2) is 20.0. The third-order valence-corrected chi connectivity index (χ3v) is 4.97. The highest BCUT2D eigenvalue weighted by Crippen LogP contribution is 2.37. The summed E-state index contributed by atoms with van der Waals surface area (Å²) >= 11 is 0. The van der Waals surface area contributed by atoms with E-state index in [-0.39, 0.29) is 24.5 Å². The molecule has 2 rings (SSSR count). The first-order chi connectivity index (χ1) is 15.6. The lowest BCUT2D eigenvalue weighted by molar-refractivity contribution is -0.130. The second-order valence-electron chi connectivity index (χ2n) is 6.57. The summed E-state index contributed by atoms with van der Waals surface area (Å²) < 4.78 is 40.8. The molecule has 0 spiro atoms. The van der Waals surface area contributed by atoms with E-state index in [9.17, 15) is 18.0 Å². The number of hydrogen-bond acceptors (Lipinski definition) is 2. The Labute approximate surface area is 203 Å². The third-order valence-electron chi connectivity index (χ3n) is 4.66. The van der Waals surface area contributed by atoms with Gasteiger partial charge in [-0.1, -0.05) is 76.8 Å². The van der Waals surface area contributed by atoms with Crippen molar-refractivity contribution in [1.29, 1.82) is 0 Å². The van der Waals surface area contributed by atoms with Crippen LogP contribution in [0.15, 0.2) is 29.8 Å². The zero-order valence-corrected chi connectivity index (χ0v) is 23.6. The van der Waals surface area contributed by atoms with Gasteiger partial charge in [0.1, 0.15) is 5.82 Å². The molecule has 0 heterocycles.